The van der Waals surface area contributed by atoms with Gasteiger partial charge in [-0.3, -0.25) is 0 Å². The van der Waals surface area contributed by atoms with Gasteiger partial charge in [-0.25, -0.2) is 0 Å². The van der Waals surface area contributed by atoms with Crippen LogP contribution in [0.2, 0.25) is 0 Å². The first-order valence-corrected chi connectivity index (χ1v) is 7.15. The molecule has 1 fully saturated rings. The Morgan fingerprint density at radius 2 is 2.00 bits per heavy atom. The molecule has 1 aliphatic heterocycles. The molecule has 0 bridgehead atoms. The molecule has 2 heterocycles. The second kappa shape index (κ2) is 4.99. The van der Waals surface area contributed by atoms with E-state index in [2.05, 4.69) is 54.4 Å². The zero-order valence-electron chi connectivity index (χ0n) is 12.1. The molecule has 1 aromatic heterocycles. The highest BCUT2D eigenvalue weighted by atomic mass is 15.1. The zero-order chi connectivity index (χ0) is 13.4. The molecule has 1 aliphatic rings. The second-order valence-corrected chi connectivity index (χ2v) is 5.75. The predicted octanol–water partition coefficient (Wildman–Crippen LogP) is 1.90. The monoisotopic (exact) mass is 257 g/mol. The predicted molar refractivity (Wildman–Crippen MR) is 80.8 cm³/mol. The van der Waals surface area contributed by atoms with E-state index in [1.165, 1.54) is 27.6 Å². The van der Waals surface area contributed by atoms with Crippen molar-refractivity contribution < 1.29 is 0 Å². The van der Waals surface area contributed by atoms with E-state index in [4.69, 9.17) is 0 Å². The van der Waals surface area contributed by atoms with E-state index in [0.29, 0.717) is 6.04 Å². The van der Waals surface area contributed by atoms with Crippen molar-refractivity contribution in [2.45, 2.75) is 26.3 Å². The van der Waals surface area contributed by atoms with E-state index in [0.717, 1.165) is 26.1 Å². The number of piperazine rings is 1. The van der Waals surface area contributed by atoms with Crippen molar-refractivity contribution in [1.82, 2.24) is 15.2 Å². The largest absolute Gasteiger partial charge is 0.350 e. The van der Waals surface area contributed by atoms with Crippen LogP contribution >= 0.6 is 0 Å². The first kappa shape index (κ1) is 12.7. The van der Waals surface area contributed by atoms with Crippen molar-refractivity contribution in [3.05, 3.63) is 35.0 Å². The van der Waals surface area contributed by atoms with E-state index >= 15 is 0 Å². The Morgan fingerprint density at radius 3 is 2.74 bits per heavy atom. The van der Waals surface area contributed by atoms with Gasteiger partial charge in [0.05, 0.1) is 5.52 Å². The maximum Gasteiger partial charge on any atom is 0.0512 e. The molecule has 2 N–H and O–H groups in total. The lowest BCUT2D eigenvalue weighted by Crippen LogP contribution is -2.49. The fourth-order valence-electron chi connectivity index (χ4n) is 3.30. The molecule has 1 saturated heterocycles. The molecule has 3 rings (SSSR count). The lowest BCUT2D eigenvalue weighted by atomic mass is 9.99. The summed E-state index contributed by atoms with van der Waals surface area (Å²) >= 11 is 0. The fourth-order valence-corrected chi connectivity index (χ4v) is 3.30. The van der Waals surface area contributed by atoms with Crippen LogP contribution in [0.3, 0.4) is 0 Å². The van der Waals surface area contributed by atoms with Crippen molar-refractivity contribution in [2.75, 3.05) is 19.6 Å². The van der Waals surface area contributed by atoms with Crippen LogP contribution < -0.4 is 10.6 Å². The number of hydrogen-bond donors (Lipinski definition) is 2. The number of aromatic nitrogens is 1. The lowest BCUT2D eigenvalue weighted by Gasteiger charge is -2.24. The van der Waals surface area contributed by atoms with Gasteiger partial charge in [-0.15, -0.1) is 0 Å². The second-order valence-electron chi connectivity index (χ2n) is 5.75. The van der Waals surface area contributed by atoms with Crippen LogP contribution in [-0.2, 0) is 13.5 Å². The number of aryl methyl sites for hydroxylation is 3. The van der Waals surface area contributed by atoms with Gasteiger partial charge < -0.3 is 15.2 Å². The van der Waals surface area contributed by atoms with Gasteiger partial charge in [-0.2, -0.15) is 0 Å². The van der Waals surface area contributed by atoms with Crippen molar-refractivity contribution in [3.8, 4) is 0 Å². The molecule has 1 atom stereocenters. The first-order chi connectivity index (χ1) is 9.16. The molecule has 3 nitrogen and oxygen atoms in total. The lowest BCUT2D eigenvalue weighted by molar-refractivity contribution is 0.417. The summed E-state index contributed by atoms with van der Waals surface area (Å²) in [4.78, 5) is 0. The van der Waals surface area contributed by atoms with Crippen LogP contribution in [0, 0.1) is 13.8 Å². The van der Waals surface area contributed by atoms with Crippen molar-refractivity contribution >= 4 is 10.9 Å². The molecular formula is C16H23N3. The smallest absolute Gasteiger partial charge is 0.0512 e. The van der Waals surface area contributed by atoms with Crippen LogP contribution in [0.15, 0.2) is 18.3 Å². The van der Waals surface area contributed by atoms with Crippen LogP contribution in [-0.4, -0.2) is 30.2 Å². The minimum Gasteiger partial charge on any atom is -0.350 e. The molecule has 2 aromatic rings. The van der Waals surface area contributed by atoms with E-state index in [9.17, 15) is 0 Å². The average molecular weight is 257 g/mol. The Bertz CT molecular complexity index is 592. The first-order valence-electron chi connectivity index (χ1n) is 7.15. The SMILES string of the molecule is Cc1ccc(C)c2c1c(CC1CNCCN1)cn2C. The van der Waals surface area contributed by atoms with E-state index < -0.39 is 0 Å². The number of benzene rings is 1. The molecule has 0 radical (unpaired) electrons. The Labute approximate surface area is 115 Å². The standard InChI is InChI=1S/C16H23N3/c1-11-4-5-12(2)16-15(11)13(10-19(16)3)8-14-9-17-6-7-18-14/h4-5,10,14,17-18H,6-9H2,1-3H3. The number of nitrogens with one attached hydrogen (secondary N) is 2. The summed E-state index contributed by atoms with van der Waals surface area (Å²) in [5.41, 5.74) is 5.61. The van der Waals surface area contributed by atoms with Gasteiger partial charge in [0.15, 0.2) is 0 Å². The number of hydrogen-bond acceptors (Lipinski definition) is 2. The summed E-state index contributed by atoms with van der Waals surface area (Å²) in [6.07, 6.45) is 3.41. The molecular weight excluding hydrogens is 234 g/mol. The third-order valence-electron chi connectivity index (χ3n) is 4.20. The molecule has 1 unspecified atom stereocenters. The molecule has 1 aromatic carbocycles. The maximum absolute atomic E-state index is 3.60. The van der Waals surface area contributed by atoms with E-state index in [1.807, 2.05) is 0 Å². The van der Waals surface area contributed by atoms with Gasteiger partial charge in [0.25, 0.3) is 0 Å². The third-order valence-corrected chi connectivity index (χ3v) is 4.20. The molecule has 3 heteroatoms. The Kier molecular flexibility index (Phi) is 3.33. The van der Waals surface area contributed by atoms with Gasteiger partial charge in [-0.1, -0.05) is 12.1 Å². The number of nitrogens with zero attached hydrogens (tertiary/aromatic N) is 1. The highest BCUT2D eigenvalue weighted by molar-refractivity contribution is 5.89. The van der Waals surface area contributed by atoms with E-state index in [-0.39, 0.29) is 0 Å². The minimum absolute atomic E-state index is 0.555. The molecule has 0 aliphatic carbocycles. The Hall–Kier alpha value is -1.32. The van der Waals surface area contributed by atoms with Crippen molar-refractivity contribution in [2.24, 2.45) is 7.05 Å². The normalized spacial score (nSPS) is 20.1. The van der Waals surface area contributed by atoms with Crippen molar-refractivity contribution in [3.63, 3.8) is 0 Å². The van der Waals surface area contributed by atoms with E-state index in [1.54, 1.807) is 0 Å². The summed E-state index contributed by atoms with van der Waals surface area (Å²) in [6, 6.07) is 5.02. The Balaban J connectivity index is 2.01. The quantitative estimate of drug-likeness (QED) is 0.860. The van der Waals surface area contributed by atoms with Crippen LogP contribution in [0.1, 0.15) is 16.7 Å². The molecule has 0 spiro atoms. The zero-order valence-corrected chi connectivity index (χ0v) is 12.1. The summed E-state index contributed by atoms with van der Waals surface area (Å²) < 4.78 is 2.28. The molecule has 0 saturated carbocycles. The van der Waals surface area contributed by atoms with Gasteiger partial charge in [-0.05, 0) is 37.0 Å². The Morgan fingerprint density at radius 1 is 1.21 bits per heavy atom. The minimum atomic E-state index is 0.555. The summed E-state index contributed by atoms with van der Waals surface area (Å²) in [5, 5.41) is 8.52. The van der Waals surface area contributed by atoms with Gasteiger partial charge >= 0.3 is 0 Å². The number of rotatable bonds is 2. The van der Waals surface area contributed by atoms with Crippen molar-refractivity contribution in [1.29, 1.82) is 0 Å². The van der Waals surface area contributed by atoms with Crippen LogP contribution in [0.5, 0.6) is 0 Å². The summed E-state index contributed by atoms with van der Waals surface area (Å²) in [6.45, 7) is 7.66. The molecule has 19 heavy (non-hydrogen) atoms. The third kappa shape index (κ3) is 2.28. The van der Waals surface area contributed by atoms with Crippen LogP contribution in [0.25, 0.3) is 10.9 Å². The molecule has 0 amide bonds. The number of fused-ring (bicyclic) bond motifs is 1. The maximum atomic E-state index is 3.60. The van der Waals surface area contributed by atoms with Gasteiger partial charge in [0, 0.05) is 44.3 Å². The highest BCUT2D eigenvalue weighted by Gasteiger charge is 2.17. The highest BCUT2D eigenvalue weighted by Crippen LogP contribution is 2.28. The average Bonchev–Trinajstić information content (AvgIpc) is 2.73. The fraction of sp³-hybridized carbons (Fsp3) is 0.500. The van der Waals surface area contributed by atoms with Gasteiger partial charge in [0.1, 0.15) is 0 Å². The summed E-state index contributed by atoms with van der Waals surface area (Å²) in [7, 11) is 2.16. The van der Waals surface area contributed by atoms with Gasteiger partial charge in [0.2, 0.25) is 0 Å². The topological polar surface area (TPSA) is 29.0 Å². The summed E-state index contributed by atoms with van der Waals surface area (Å²) in [5.74, 6) is 0. The molecule has 102 valence electrons. The van der Waals surface area contributed by atoms with Crippen LogP contribution in [0.4, 0.5) is 0 Å².